The van der Waals surface area contributed by atoms with E-state index in [-0.39, 0.29) is 11.3 Å². The number of hydrogen-bond acceptors (Lipinski definition) is 2. The smallest absolute Gasteiger partial charge is 0.416 e. The summed E-state index contributed by atoms with van der Waals surface area (Å²) < 4.78 is 37.4. The summed E-state index contributed by atoms with van der Waals surface area (Å²) in [4.78, 5) is 11.3. The van der Waals surface area contributed by atoms with Crippen LogP contribution in [-0.4, -0.2) is 16.2 Å². The third-order valence-corrected chi connectivity index (χ3v) is 2.96. The Morgan fingerprint density at radius 1 is 0.955 bits per heavy atom. The van der Waals surface area contributed by atoms with Crippen molar-refractivity contribution in [1.82, 2.24) is 0 Å². The van der Waals surface area contributed by atoms with Crippen LogP contribution in [-0.2, 0) is 11.0 Å². The third kappa shape index (κ3) is 3.66. The quantitative estimate of drug-likeness (QED) is 0.664. The van der Waals surface area contributed by atoms with E-state index in [1.165, 1.54) is 42.5 Å². The summed E-state index contributed by atoms with van der Waals surface area (Å²) in [6.45, 7) is 0. The first-order chi connectivity index (χ1) is 10.3. The van der Waals surface area contributed by atoms with Gasteiger partial charge in [-0.25, -0.2) is 4.79 Å². The molecule has 0 unspecified atom stereocenters. The molecule has 0 amide bonds. The number of alkyl halides is 3. The van der Waals surface area contributed by atoms with Crippen molar-refractivity contribution in [2.75, 3.05) is 0 Å². The van der Waals surface area contributed by atoms with Crippen LogP contribution in [0.25, 0.3) is 11.6 Å². The van der Waals surface area contributed by atoms with Crippen LogP contribution in [0.15, 0.2) is 48.5 Å². The molecule has 0 saturated heterocycles. The molecular formula is C16H11F3O3. The van der Waals surface area contributed by atoms with E-state index in [2.05, 4.69) is 0 Å². The Bertz CT molecular complexity index is 699. The molecule has 22 heavy (non-hydrogen) atoms. The predicted octanol–water partition coefficient (Wildman–Crippen LogP) is 4.04. The first-order valence-electron chi connectivity index (χ1n) is 6.19. The topological polar surface area (TPSA) is 57.5 Å². The van der Waals surface area contributed by atoms with Crippen LogP contribution in [0.2, 0.25) is 0 Å². The standard InChI is InChI=1S/C16H11F3O3/c17-16(18,19)12-5-1-10(2-6-12)9-14(15(21)22)11-3-7-13(20)8-4-11/h1-9,20H,(H,21,22)/b14-9-. The highest BCUT2D eigenvalue weighted by atomic mass is 19.4. The summed E-state index contributed by atoms with van der Waals surface area (Å²) >= 11 is 0. The molecule has 2 aromatic rings. The van der Waals surface area contributed by atoms with Gasteiger partial charge in [0.25, 0.3) is 0 Å². The Morgan fingerprint density at radius 3 is 1.95 bits per heavy atom. The zero-order chi connectivity index (χ0) is 16.3. The number of benzene rings is 2. The zero-order valence-corrected chi connectivity index (χ0v) is 11.1. The molecule has 0 aliphatic heterocycles. The van der Waals surface area contributed by atoms with Gasteiger partial charge in [0, 0.05) is 0 Å². The van der Waals surface area contributed by atoms with Gasteiger partial charge in [-0.3, -0.25) is 0 Å². The van der Waals surface area contributed by atoms with Crippen LogP contribution in [0.5, 0.6) is 5.75 Å². The summed E-state index contributed by atoms with van der Waals surface area (Å²) in [5.74, 6) is -1.23. The number of phenols is 1. The summed E-state index contributed by atoms with van der Waals surface area (Å²) in [6, 6.07) is 9.68. The highest BCUT2D eigenvalue weighted by Gasteiger charge is 2.29. The maximum atomic E-state index is 12.5. The van der Waals surface area contributed by atoms with Gasteiger partial charge in [-0.05, 0) is 41.5 Å². The van der Waals surface area contributed by atoms with Crippen LogP contribution in [0.1, 0.15) is 16.7 Å². The lowest BCUT2D eigenvalue weighted by molar-refractivity contribution is -0.137. The van der Waals surface area contributed by atoms with Gasteiger partial charge in [-0.15, -0.1) is 0 Å². The van der Waals surface area contributed by atoms with E-state index in [0.29, 0.717) is 11.1 Å². The first kappa shape index (κ1) is 15.6. The van der Waals surface area contributed by atoms with E-state index in [1.54, 1.807) is 0 Å². The number of hydrogen-bond donors (Lipinski definition) is 2. The monoisotopic (exact) mass is 308 g/mol. The largest absolute Gasteiger partial charge is 0.508 e. The van der Waals surface area contributed by atoms with Crippen molar-refractivity contribution in [3.63, 3.8) is 0 Å². The number of rotatable bonds is 3. The molecule has 2 N–H and O–H groups in total. The molecule has 0 fully saturated rings. The normalized spacial score (nSPS) is 12.2. The Kier molecular flexibility index (Phi) is 4.21. The molecule has 2 rings (SSSR count). The van der Waals surface area contributed by atoms with Crippen molar-refractivity contribution < 1.29 is 28.2 Å². The average Bonchev–Trinajstić information content (AvgIpc) is 2.45. The van der Waals surface area contributed by atoms with Gasteiger partial charge in [-0.2, -0.15) is 13.2 Å². The maximum absolute atomic E-state index is 12.5. The Hall–Kier alpha value is -2.76. The van der Waals surface area contributed by atoms with Gasteiger partial charge in [0.05, 0.1) is 11.1 Å². The molecular weight excluding hydrogens is 297 g/mol. The molecule has 0 aliphatic rings. The van der Waals surface area contributed by atoms with E-state index in [9.17, 15) is 28.2 Å². The number of halogens is 3. The fourth-order valence-electron chi connectivity index (χ4n) is 1.84. The van der Waals surface area contributed by atoms with E-state index in [4.69, 9.17) is 0 Å². The van der Waals surface area contributed by atoms with Crippen molar-refractivity contribution in [3.05, 3.63) is 65.2 Å². The summed E-state index contributed by atoms with van der Waals surface area (Å²) in [6.07, 6.45) is -3.16. The molecule has 2 aromatic carbocycles. The number of aliphatic carboxylic acids is 1. The molecule has 0 aromatic heterocycles. The van der Waals surface area contributed by atoms with Crippen molar-refractivity contribution in [2.45, 2.75) is 6.18 Å². The van der Waals surface area contributed by atoms with Crippen LogP contribution in [0, 0.1) is 0 Å². The number of carboxylic acids is 1. The molecule has 0 spiro atoms. The summed E-state index contributed by atoms with van der Waals surface area (Å²) in [5.41, 5.74) is -0.213. The molecule has 0 bridgehead atoms. The van der Waals surface area contributed by atoms with Crippen molar-refractivity contribution in [3.8, 4) is 5.75 Å². The van der Waals surface area contributed by atoms with Crippen LogP contribution < -0.4 is 0 Å². The fraction of sp³-hybridized carbons (Fsp3) is 0.0625. The molecule has 0 aliphatic carbocycles. The van der Waals surface area contributed by atoms with Crippen molar-refractivity contribution in [1.29, 1.82) is 0 Å². The molecule has 114 valence electrons. The summed E-state index contributed by atoms with van der Waals surface area (Å²) in [7, 11) is 0. The number of aromatic hydroxyl groups is 1. The Morgan fingerprint density at radius 2 is 1.50 bits per heavy atom. The number of carbonyl (C=O) groups is 1. The fourth-order valence-corrected chi connectivity index (χ4v) is 1.84. The van der Waals surface area contributed by atoms with Crippen LogP contribution in [0.3, 0.4) is 0 Å². The SMILES string of the molecule is O=C(O)/C(=C\c1ccc(C(F)(F)F)cc1)c1ccc(O)cc1. The van der Waals surface area contributed by atoms with E-state index in [1.807, 2.05) is 0 Å². The Labute approximate surface area is 124 Å². The van der Waals surface area contributed by atoms with Gasteiger partial charge >= 0.3 is 12.1 Å². The summed E-state index contributed by atoms with van der Waals surface area (Å²) in [5, 5.41) is 18.4. The van der Waals surface area contributed by atoms with Gasteiger partial charge < -0.3 is 10.2 Å². The molecule has 0 radical (unpaired) electrons. The lowest BCUT2D eigenvalue weighted by Crippen LogP contribution is -2.04. The molecule has 3 nitrogen and oxygen atoms in total. The second-order valence-electron chi connectivity index (χ2n) is 4.53. The number of carboxylic acid groups (broad SMARTS) is 1. The Balaban J connectivity index is 2.38. The molecule has 0 atom stereocenters. The lowest BCUT2D eigenvalue weighted by Gasteiger charge is -2.07. The maximum Gasteiger partial charge on any atom is 0.416 e. The van der Waals surface area contributed by atoms with Gasteiger partial charge in [0.1, 0.15) is 5.75 Å². The highest BCUT2D eigenvalue weighted by molar-refractivity contribution is 6.20. The second kappa shape index (κ2) is 5.93. The van der Waals surface area contributed by atoms with Gasteiger partial charge in [-0.1, -0.05) is 24.3 Å². The van der Waals surface area contributed by atoms with E-state index < -0.39 is 17.7 Å². The van der Waals surface area contributed by atoms with Crippen molar-refractivity contribution >= 4 is 17.6 Å². The van der Waals surface area contributed by atoms with E-state index >= 15 is 0 Å². The minimum atomic E-state index is -4.44. The predicted molar refractivity (Wildman–Crippen MR) is 75.1 cm³/mol. The van der Waals surface area contributed by atoms with E-state index in [0.717, 1.165) is 12.1 Å². The minimum Gasteiger partial charge on any atom is -0.508 e. The lowest BCUT2D eigenvalue weighted by atomic mass is 10.0. The van der Waals surface area contributed by atoms with Crippen LogP contribution >= 0.6 is 0 Å². The van der Waals surface area contributed by atoms with Gasteiger partial charge in [0.15, 0.2) is 0 Å². The van der Waals surface area contributed by atoms with Gasteiger partial charge in [0.2, 0.25) is 0 Å². The number of phenolic OH excluding ortho intramolecular Hbond substituents is 1. The molecule has 6 heteroatoms. The zero-order valence-electron chi connectivity index (χ0n) is 11.1. The second-order valence-corrected chi connectivity index (χ2v) is 4.53. The highest BCUT2D eigenvalue weighted by Crippen LogP contribution is 2.29. The first-order valence-corrected chi connectivity index (χ1v) is 6.19. The molecule has 0 heterocycles. The average molecular weight is 308 g/mol. The minimum absolute atomic E-state index is 0.0111. The van der Waals surface area contributed by atoms with Crippen LogP contribution in [0.4, 0.5) is 13.2 Å². The van der Waals surface area contributed by atoms with Crippen molar-refractivity contribution in [2.24, 2.45) is 0 Å². The third-order valence-electron chi connectivity index (χ3n) is 2.96. The molecule has 0 saturated carbocycles.